The van der Waals surface area contributed by atoms with E-state index in [4.69, 9.17) is 4.74 Å². The first kappa shape index (κ1) is 19.5. The van der Waals surface area contributed by atoms with E-state index in [1.165, 1.54) is 26.5 Å². The Bertz CT molecular complexity index is 853. The number of ether oxygens (including phenoxy) is 1. The average molecular weight is 398 g/mol. The normalized spacial score (nSPS) is 22.2. The molecule has 2 aromatic rings. The maximum Gasteiger partial charge on any atom is 0.307 e. The van der Waals surface area contributed by atoms with Crippen molar-refractivity contribution in [3.05, 3.63) is 59.2 Å². The Hall–Kier alpha value is -1.82. The van der Waals surface area contributed by atoms with E-state index in [-0.39, 0.29) is 12.0 Å². The molecule has 2 unspecified atom stereocenters. The predicted molar refractivity (Wildman–Crippen MR) is 111 cm³/mol. The Kier molecular flexibility index (Phi) is 6.04. The van der Waals surface area contributed by atoms with Crippen LogP contribution in [0.4, 0.5) is 0 Å². The van der Waals surface area contributed by atoms with Crippen molar-refractivity contribution < 1.29 is 14.6 Å². The summed E-state index contributed by atoms with van der Waals surface area (Å²) < 4.78 is 6.38. The van der Waals surface area contributed by atoms with E-state index >= 15 is 0 Å². The Morgan fingerprint density at radius 2 is 2.11 bits per heavy atom. The molecule has 0 saturated carbocycles. The summed E-state index contributed by atoms with van der Waals surface area (Å²) in [4.78, 5) is 16.1. The first-order valence-corrected chi connectivity index (χ1v) is 10.8. The van der Waals surface area contributed by atoms with Gasteiger partial charge in [-0.25, -0.2) is 0 Å². The summed E-state index contributed by atoms with van der Waals surface area (Å²) in [6.45, 7) is 5.14. The predicted octanol–water partition coefficient (Wildman–Crippen LogP) is 4.56. The smallest absolute Gasteiger partial charge is 0.307 e. The standard InChI is InChI=1S/C23H27NO3S/c1-16-8-9-21-18(13-16)14-20(19-6-2-3-7-22(19)28-21)27-12-11-24-10-4-5-17(15-24)23(25)26/h2-3,6-9,13,17,20H,4-5,10-12,14-15H2,1H3,(H,25,26). The largest absolute Gasteiger partial charge is 0.481 e. The van der Waals surface area contributed by atoms with Crippen molar-refractivity contribution in [2.75, 3.05) is 26.2 Å². The number of aryl methyl sites for hydroxylation is 1. The zero-order chi connectivity index (χ0) is 19.5. The monoisotopic (exact) mass is 397 g/mol. The van der Waals surface area contributed by atoms with Gasteiger partial charge in [0.15, 0.2) is 0 Å². The lowest BCUT2D eigenvalue weighted by molar-refractivity contribution is -0.143. The fraction of sp³-hybridized carbons (Fsp3) is 0.435. The van der Waals surface area contributed by atoms with Crippen LogP contribution in [-0.4, -0.2) is 42.2 Å². The summed E-state index contributed by atoms with van der Waals surface area (Å²) in [5, 5.41) is 9.28. The molecule has 0 spiro atoms. The Morgan fingerprint density at radius 3 is 2.96 bits per heavy atom. The second kappa shape index (κ2) is 8.68. The van der Waals surface area contributed by atoms with Crippen molar-refractivity contribution in [1.29, 1.82) is 0 Å². The number of benzene rings is 2. The van der Waals surface area contributed by atoms with Gasteiger partial charge in [-0.15, -0.1) is 0 Å². The maximum absolute atomic E-state index is 11.3. The SMILES string of the molecule is Cc1ccc2c(c1)CC(OCCN1CCCC(C(=O)O)C1)c1ccccc1S2. The number of likely N-dealkylation sites (tertiary alicyclic amines) is 1. The number of nitrogens with zero attached hydrogens (tertiary/aromatic N) is 1. The van der Waals surface area contributed by atoms with Gasteiger partial charge in [-0.2, -0.15) is 0 Å². The molecule has 1 fully saturated rings. The molecule has 2 aliphatic rings. The van der Waals surface area contributed by atoms with Crippen LogP contribution in [0.1, 0.15) is 35.6 Å². The number of piperidine rings is 1. The quantitative estimate of drug-likeness (QED) is 0.802. The summed E-state index contributed by atoms with van der Waals surface area (Å²) in [5.41, 5.74) is 3.87. The van der Waals surface area contributed by atoms with Gasteiger partial charge in [-0.3, -0.25) is 4.79 Å². The lowest BCUT2D eigenvalue weighted by Gasteiger charge is -2.31. The van der Waals surface area contributed by atoms with Crippen LogP contribution in [0.5, 0.6) is 0 Å². The minimum Gasteiger partial charge on any atom is -0.481 e. The molecule has 1 N–H and O–H groups in total. The van der Waals surface area contributed by atoms with Crippen molar-refractivity contribution in [1.82, 2.24) is 4.90 Å². The highest BCUT2D eigenvalue weighted by molar-refractivity contribution is 7.99. The third-order valence-corrected chi connectivity index (χ3v) is 6.90. The summed E-state index contributed by atoms with van der Waals surface area (Å²) in [5.74, 6) is -0.911. The summed E-state index contributed by atoms with van der Waals surface area (Å²) >= 11 is 1.83. The lowest BCUT2D eigenvalue weighted by Crippen LogP contribution is -2.40. The second-order valence-corrected chi connectivity index (χ2v) is 8.88. The van der Waals surface area contributed by atoms with Crippen molar-refractivity contribution in [3.63, 3.8) is 0 Å². The van der Waals surface area contributed by atoms with Crippen LogP contribution >= 0.6 is 11.8 Å². The molecule has 0 aliphatic carbocycles. The van der Waals surface area contributed by atoms with Crippen LogP contribution in [0.25, 0.3) is 0 Å². The molecule has 2 atom stereocenters. The van der Waals surface area contributed by atoms with E-state index in [0.29, 0.717) is 13.2 Å². The maximum atomic E-state index is 11.3. The highest BCUT2D eigenvalue weighted by Crippen LogP contribution is 2.42. The van der Waals surface area contributed by atoms with Gasteiger partial charge in [0, 0.05) is 29.3 Å². The van der Waals surface area contributed by atoms with Crippen LogP contribution in [0, 0.1) is 12.8 Å². The lowest BCUT2D eigenvalue weighted by atomic mass is 9.98. The van der Waals surface area contributed by atoms with Gasteiger partial charge in [0.1, 0.15) is 0 Å². The van der Waals surface area contributed by atoms with Gasteiger partial charge in [-0.05, 0) is 49.6 Å². The molecule has 5 heteroatoms. The first-order chi connectivity index (χ1) is 13.6. The van der Waals surface area contributed by atoms with E-state index in [2.05, 4.69) is 54.3 Å². The minimum atomic E-state index is -0.674. The fourth-order valence-corrected chi connectivity index (χ4v) is 5.28. The molecule has 2 heterocycles. The third-order valence-electron chi connectivity index (χ3n) is 5.69. The van der Waals surface area contributed by atoms with Gasteiger partial charge >= 0.3 is 5.97 Å². The van der Waals surface area contributed by atoms with Crippen molar-refractivity contribution in [2.24, 2.45) is 5.92 Å². The molecular weight excluding hydrogens is 370 g/mol. The third kappa shape index (κ3) is 4.43. The molecule has 2 aromatic carbocycles. The van der Waals surface area contributed by atoms with Crippen molar-refractivity contribution >= 4 is 17.7 Å². The van der Waals surface area contributed by atoms with Crippen LogP contribution in [0.3, 0.4) is 0 Å². The highest BCUT2D eigenvalue weighted by Gasteiger charge is 2.26. The molecule has 4 nitrogen and oxygen atoms in total. The second-order valence-electron chi connectivity index (χ2n) is 7.79. The topological polar surface area (TPSA) is 49.8 Å². The average Bonchev–Trinajstić information content (AvgIpc) is 2.84. The van der Waals surface area contributed by atoms with Gasteiger partial charge in [-0.1, -0.05) is 47.7 Å². The van der Waals surface area contributed by atoms with E-state index in [9.17, 15) is 9.90 Å². The molecule has 0 bridgehead atoms. The first-order valence-electron chi connectivity index (χ1n) is 10.0. The molecule has 1 saturated heterocycles. The van der Waals surface area contributed by atoms with E-state index in [0.717, 1.165) is 32.4 Å². The minimum absolute atomic E-state index is 0.0341. The van der Waals surface area contributed by atoms with Gasteiger partial charge in [0.2, 0.25) is 0 Å². The van der Waals surface area contributed by atoms with E-state index in [1.54, 1.807) is 0 Å². The Balaban J connectivity index is 1.45. The summed E-state index contributed by atoms with van der Waals surface area (Å²) in [7, 11) is 0. The number of hydrogen-bond donors (Lipinski definition) is 1. The van der Waals surface area contributed by atoms with Crippen molar-refractivity contribution in [2.45, 2.75) is 42.1 Å². The Labute approximate surface area is 170 Å². The summed E-state index contributed by atoms with van der Waals surface area (Å²) in [6.07, 6.45) is 2.65. The van der Waals surface area contributed by atoms with Gasteiger partial charge in [0.25, 0.3) is 0 Å². The number of hydrogen-bond acceptors (Lipinski definition) is 4. The van der Waals surface area contributed by atoms with Crippen LogP contribution in [0.2, 0.25) is 0 Å². The van der Waals surface area contributed by atoms with E-state index < -0.39 is 5.97 Å². The van der Waals surface area contributed by atoms with E-state index in [1.807, 2.05) is 11.8 Å². The van der Waals surface area contributed by atoms with Gasteiger partial charge in [0.05, 0.1) is 18.6 Å². The van der Waals surface area contributed by atoms with Crippen LogP contribution < -0.4 is 0 Å². The Morgan fingerprint density at radius 1 is 1.25 bits per heavy atom. The number of rotatable bonds is 5. The highest BCUT2D eigenvalue weighted by atomic mass is 32.2. The van der Waals surface area contributed by atoms with Crippen molar-refractivity contribution in [3.8, 4) is 0 Å². The zero-order valence-electron chi connectivity index (χ0n) is 16.3. The number of fused-ring (bicyclic) bond motifs is 2. The molecule has 28 heavy (non-hydrogen) atoms. The van der Waals surface area contributed by atoms with Crippen LogP contribution in [0.15, 0.2) is 52.3 Å². The molecule has 4 rings (SSSR count). The summed E-state index contributed by atoms with van der Waals surface area (Å²) in [6, 6.07) is 15.2. The molecule has 0 amide bonds. The number of carboxylic acid groups (broad SMARTS) is 1. The number of carbonyl (C=O) groups is 1. The molecular formula is C23H27NO3S. The molecule has 148 valence electrons. The number of carboxylic acids is 1. The molecule has 0 aromatic heterocycles. The number of aliphatic carboxylic acids is 1. The molecule has 2 aliphatic heterocycles. The van der Waals surface area contributed by atoms with Crippen LogP contribution in [-0.2, 0) is 16.0 Å². The fourth-order valence-electron chi connectivity index (χ4n) is 4.17. The van der Waals surface area contributed by atoms with Gasteiger partial charge < -0.3 is 14.7 Å². The zero-order valence-corrected chi connectivity index (χ0v) is 17.1. The molecule has 0 radical (unpaired) electrons.